The van der Waals surface area contributed by atoms with Gasteiger partial charge < -0.3 is 10.1 Å². The number of nitrogens with one attached hydrogen (secondary N) is 2. The van der Waals surface area contributed by atoms with Gasteiger partial charge in [-0.05, 0) is 49.6 Å². The monoisotopic (exact) mass is 519 g/mol. The third-order valence-electron chi connectivity index (χ3n) is 5.21. The van der Waals surface area contributed by atoms with Gasteiger partial charge in [-0.3, -0.25) is 9.52 Å². The van der Waals surface area contributed by atoms with Crippen LogP contribution in [-0.2, 0) is 27.5 Å². The number of halogens is 4. The van der Waals surface area contributed by atoms with Crippen LogP contribution in [0.4, 0.5) is 23.2 Å². The van der Waals surface area contributed by atoms with Crippen LogP contribution in [0.25, 0.3) is 0 Å². The molecule has 1 heterocycles. The topological polar surface area (TPSA) is 97.4 Å². The summed E-state index contributed by atoms with van der Waals surface area (Å²) in [6.07, 6.45) is -1.37. The lowest BCUT2D eigenvalue weighted by Gasteiger charge is -2.18. The van der Waals surface area contributed by atoms with Gasteiger partial charge in [0, 0.05) is 12.1 Å². The fraction of sp³-hybridized carbons (Fsp3) is 0.478. The Morgan fingerprint density at radius 1 is 1.20 bits per heavy atom. The molecule has 0 aliphatic rings. The van der Waals surface area contributed by atoms with Crippen molar-refractivity contribution in [1.29, 1.82) is 0 Å². The number of sulfonamides is 1. The van der Waals surface area contributed by atoms with E-state index < -0.39 is 39.5 Å². The summed E-state index contributed by atoms with van der Waals surface area (Å²) in [5, 5.41) is 2.64. The van der Waals surface area contributed by atoms with Crippen molar-refractivity contribution in [2.75, 3.05) is 17.6 Å². The van der Waals surface area contributed by atoms with Gasteiger partial charge in [-0.2, -0.15) is 13.2 Å². The van der Waals surface area contributed by atoms with Gasteiger partial charge in [0.05, 0.1) is 24.5 Å². The van der Waals surface area contributed by atoms with Crippen LogP contribution < -0.4 is 14.8 Å². The summed E-state index contributed by atoms with van der Waals surface area (Å²) in [6.45, 7) is 5.03. The molecule has 1 amide bonds. The fourth-order valence-electron chi connectivity index (χ4n) is 3.23. The van der Waals surface area contributed by atoms with Crippen LogP contribution in [0, 0.1) is 12.7 Å². The Labute approximate surface area is 202 Å². The van der Waals surface area contributed by atoms with Crippen LogP contribution in [0.15, 0.2) is 24.3 Å². The molecule has 1 atom stereocenters. The van der Waals surface area contributed by atoms with Crippen LogP contribution in [0.1, 0.15) is 61.4 Å². The number of rotatable bonds is 11. The molecule has 12 heteroatoms. The first kappa shape index (κ1) is 28.3. The number of benzene rings is 1. The Kier molecular flexibility index (Phi) is 9.47. The van der Waals surface area contributed by atoms with E-state index in [9.17, 15) is 30.8 Å². The summed E-state index contributed by atoms with van der Waals surface area (Å²) < 4.78 is 84.2. The highest BCUT2D eigenvalue weighted by Gasteiger charge is 2.34. The van der Waals surface area contributed by atoms with E-state index in [1.807, 2.05) is 11.6 Å². The number of nitrogens with zero attached hydrogens (tertiary/aromatic N) is 1. The smallest absolute Gasteiger partial charge is 0.433 e. The normalized spacial score (nSPS) is 12.8. The standard InChI is InChI=1S/C23H29F4N3O4S/c1-5-6-7-10-34-22-17(14(2)11-20(29-22)23(25,26)27)13-28-21(31)15(3)16-8-9-19(18(24)12-16)30-35(4,32)33/h8-9,11-12,15,30H,5-7,10,13H2,1-4H3,(H,28,31). The SMILES string of the molecule is CCCCCOc1nc(C(F)(F)F)cc(C)c1CNC(=O)C(C)c1ccc(NS(C)(=O)=O)c(F)c1. The predicted octanol–water partition coefficient (Wildman–Crippen LogP) is 4.91. The summed E-state index contributed by atoms with van der Waals surface area (Å²) in [6, 6.07) is 4.56. The first-order chi connectivity index (χ1) is 16.2. The second-order valence-corrected chi connectivity index (χ2v) is 9.96. The number of carbonyl (C=O) groups excluding carboxylic acids is 1. The minimum atomic E-state index is -4.65. The van der Waals surface area contributed by atoms with Crippen molar-refractivity contribution in [1.82, 2.24) is 10.3 Å². The van der Waals surface area contributed by atoms with E-state index in [1.54, 1.807) is 0 Å². The van der Waals surface area contributed by atoms with Crippen molar-refractivity contribution in [2.45, 2.75) is 58.7 Å². The molecule has 2 N–H and O–H groups in total. The van der Waals surface area contributed by atoms with Crippen LogP contribution in [0.5, 0.6) is 5.88 Å². The number of hydrogen-bond acceptors (Lipinski definition) is 5. The summed E-state index contributed by atoms with van der Waals surface area (Å²) >= 11 is 0. The molecule has 0 aliphatic carbocycles. The summed E-state index contributed by atoms with van der Waals surface area (Å²) in [4.78, 5) is 16.3. The first-order valence-corrected chi connectivity index (χ1v) is 12.9. The molecule has 1 aromatic carbocycles. The Hall–Kier alpha value is -2.89. The van der Waals surface area contributed by atoms with E-state index in [0.29, 0.717) is 12.0 Å². The summed E-state index contributed by atoms with van der Waals surface area (Å²) in [5.41, 5.74) is -0.471. The molecule has 0 spiro atoms. The van der Waals surface area contributed by atoms with E-state index in [2.05, 4.69) is 10.3 Å². The molecule has 1 aromatic heterocycles. The van der Waals surface area contributed by atoms with Gasteiger partial charge in [-0.15, -0.1) is 0 Å². The van der Waals surface area contributed by atoms with E-state index in [-0.39, 0.29) is 35.8 Å². The zero-order valence-corrected chi connectivity index (χ0v) is 20.7. The maximum absolute atomic E-state index is 14.3. The molecule has 194 valence electrons. The number of alkyl halides is 3. The zero-order chi connectivity index (χ0) is 26.4. The second kappa shape index (κ2) is 11.7. The van der Waals surface area contributed by atoms with Crippen LogP contribution in [0.3, 0.4) is 0 Å². The lowest BCUT2D eigenvalue weighted by Crippen LogP contribution is -2.28. The highest BCUT2D eigenvalue weighted by molar-refractivity contribution is 7.92. The molecule has 1 unspecified atom stereocenters. The highest BCUT2D eigenvalue weighted by Crippen LogP contribution is 2.32. The zero-order valence-electron chi connectivity index (χ0n) is 19.9. The summed E-state index contributed by atoms with van der Waals surface area (Å²) in [7, 11) is -3.68. The van der Waals surface area contributed by atoms with Gasteiger partial charge in [0.1, 0.15) is 11.5 Å². The van der Waals surface area contributed by atoms with Crippen molar-refractivity contribution in [3.05, 3.63) is 52.5 Å². The lowest BCUT2D eigenvalue weighted by molar-refractivity contribution is -0.141. The van der Waals surface area contributed by atoms with Crippen LogP contribution in [0.2, 0.25) is 0 Å². The van der Waals surface area contributed by atoms with Crippen molar-refractivity contribution < 1.29 is 35.5 Å². The van der Waals surface area contributed by atoms with E-state index in [4.69, 9.17) is 4.74 Å². The van der Waals surface area contributed by atoms with Gasteiger partial charge >= 0.3 is 6.18 Å². The molecule has 0 fully saturated rings. The number of aromatic nitrogens is 1. The molecular weight excluding hydrogens is 490 g/mol. The third kappa shape index (κ3) is 8.37. The number of unbranched alkanes of at least 4 members (excludes halogenated alkanes) is 2. The number of aryl methyl sites for hydroxylation is 1. The Balaban J connectivity index is 2.19. The molecule has 0 radical (unpaired) electrons. The molecule has 2 rings (SSSR count). The third-order valence-corrected chi connectivity index (χ3v) is 5.80. The number of anilines is 1. The van der Waals surface area contributed by atoms with Crippen molar-refractivity contribution >= 4 is 21.6 Å². The average Bonchev–Trinajstić information content (AvgIpc) is 2.75. The largest absolute Gasteiger partial charge is 0.477 e. The quantitative estimate of drug-likeness (QED) is 0.325. The molecule has 35 heavy (non-hydrogen) atoms. The van der Waals surface area contributed by atoms with Crippen LogP contribution in [-0.4, -0.2) is 32.2 Å². The molecule has 2 aromatic rings. The number of pyridine rings is 1. The highest BCUT2D eigenvalue weighted by atomic mass is 32.2. The first-order valence-electron chi connectivity index (χ1n) is 11.0. The molecular formula is C23H29F4N3O4S. The fourth-order valence-corrected chi connectivity index (χ4v) is 3.80. The number of ether oxygens (including phenoxy) is 1. The van der Waals surface area contributed by atoms with Crippen molar-refractivity contribution in [3.8, 4) is 5.88 Å². The maximum Gasteiger partial charge on any atom is 0.433 e. The maximum atomic E-state index is 14.3. The Bertz CT molecular complexity index is 1150. The van der Waals surface area contributed by atoms with Gasteiger partial charge in [-0.1, -0.05) is 25.8 Å². The van der Waals surface area contributed by atoms with Gasteiger partial charge in [0.25, 0.3) is 0 Å². The lowest BCUT2D eigenvalue weighted by atomic mass is 9.99. The van der Waals surface area contributed by atoms with E-state index in [1.165, 1.54) is 26.0 Å². The minimum Gasteiger partial charge on any atom is -0.477 e. The Morgan fingerprint density at radius 3 is 2.46 bits per heavy atom. The molecule has 0 saturated carbocycles. The molecule has 0 aliphatic heterocycles. The number of hydrogen-bond donors (Lipinski definition) is 2. The molecule has 7 nitrogen and oxygen atoms in total. The molecule has 0 bridgehead atoms. The number of carbonyl (C=O) groups is 1. The summed E-state index contributed by atoms with van der Waals surface area (Å²) in [5.74, 6) is -2.38. The number of amides is 1. The van der Waals surface area contributed by atoms with Gasteiger partial charge in [0.15, 0.2) is 0 Å². The van der Waals surface area contributed by atoms with E-state index >= 15 is 0 Å². The average molecular weight is 520 g/mol. The van der Waals surface area contributed by atoms with E-state index in [0.717, 1.165) is 31.2 Å². The van der Waals surface area contributed by atoms with Crippen LogP contribution >= 0.6 is 0 Å². The van der Waals surface area contributed by atoms with Gasteiger partial charge in [-0.25, -0.2) is 17.8 Å². The predicted molar refractivity (Wildman–Crippen MR) is 124 cm³/mol. The molecule has 0 saturated heterocycles. The Morgan fingerprint density at radius 2 is 1.89 bits per heavy atom. The minimum absolute atomic E-state index is 0.139. The van der Waals surface area contributed by atoms with Crippen molar-refractivity contribution in [3.63, 3.8) is 0 Å². The van der Waals surface area contributed by atoms with Gasteiger partial charge in [0.2, 0.25) is 21.8 Å². The second-order valence-electron chi connectivity index (χ2n) is 8.21. The van der Waals surface area contributed by atoms with Crippen molar-refractivity contribution in [2.24, 2.45) is 0 Å².